The zero-order valence-corrected chi connectivity index (χ0v) is 14.6. The predicted molar refractivity (Wildman–Crippen MR) is 91.8 cm³/mol. The van der Waals surface area contributed by atoms with Gasteiger partial charge in [-0.1, -0.05) is 6.07 Å². The number of aryl methyl sites for hydroxylation is 3. The Hall–Kier alpha value is -2.21. The zero-order chi connectivity index (χ0) is 16.6. The van der Waals surface area contributed by atoms with Crippen molar-refractivity contribution in [2.75, 3.05) is 0 Å². The van der Waals surface area contributed by atoms with Gasteiger partial charge in [-0.05, 0) is 39.3 Å². The van der Waals surface area contributed by atoms with Gasteiger partial charge in [0.2, 0.25) is 5.91 Å². The summed E-state index contributed by atoms with van der Waals surface area (Å²) < 4.78 is 1.97. The summed E-state index contributed by atoms with van der Waals surface area (Å²) in [4.78, 5) is 22.4. The highest BCUT2D eigenvalue weighted by molar-refractivity contribution is 7.11. The molecule has 0 saturated heterocycles. The minimum Gasteiger partial charge on any atom is -0.348 e. The molecule has 0 fully saturated rings. The van der Waals surface area contributed by atoms with Gasteiger partial charge in [-0.3, -0.25) is 4.79 Å². The van der Waals surface area contributed by atoms with Crippen molar-refractivity contribution >= 4 is 22.9 Å². The number of nitrogens with one attached hydrogen (secondary N) is 1. The second-order valence-corrected chi connectivity index (χ2v) is 7.18. The Morgan fingerprint density at radius 1 is 1.39 bits per heavy atom. The molecule has 3 rings (SSSR count). The number of amides is 1. The molecule has 23 heavy (non-hydrogen) atoms. The van der Waals surface area contributed by atoms with Crippen LogP contribution in [0.3, 0.4) is 0 Å². The molecule has 3 aromatic heterocycles. The van der Waals surface area contributed by atoms with E-state index in [0.717, 1.165) is 32.5 Å². The molecule has 1 atom stereocenters. The molecule has 0 aromatic carbocycles. The molecule has 0 aliphatic carbocycles. The predicted octanol–water partition coefficient (Wildman–Crippen LogP) is 3.14. The van der Waals surface area contributed by atoms with Gasteiger partial charge in [-0.2, -0.15) is 0 Å². The van der Waals surface area contributed by atoms with Crippen LogP contribution in [0.2, 0.25) is 0 Å². The van der Waals surface area contributed by atoms with Crippen LogP contribution in [-0.4, -0.2) is 20.3 Å². The number of hydrogen-bond acceptors (Lipinski definition) is 4. The van der Waals surface area contributed by atoms with E-state index in [-0.39, 0.29) is 11.9 Å². The average molecular weight is 328 g/mol. The molecule has 3 aromatic rings. The Bertz CT molecular complexity index is 865. The highest BCUT2D eigenvalue weighted by Gasteiger charge is 2.17. The van der Waals surface area contributed by atoms with E-state index in [1.54, 1.807) is 17.5 Å². The van der Waals surface area contributed by atoms with Crippen molar-refractivity contribution in [3.63, 3.8) is 0 Å². The highest BCUT2D eigenvalue weighted by Crippen LogP contribution is 2.22. The van der Waals surface area contributed by atoms with E-state index < -0.39 is 0 Å². The molecule has 3 heterocycles. The third-order valence-corrected chi connectivity index (χ3v) is 4.78. The summed E-state index contributed by atoms with van der Waals surface area (Å²) in [6.45, 7) is 8.01. The van der Waals surface area contributed by atoms with Gasteiger partial charge in [-0.15, -0.1) is 11.3 Å². The summed E-state index contributed by atoms with van der Waals surface area (Å²) in [5.74, 6) is -0.0224. The number of carbonyl (C=O) groups excluding carboxylic acids is 1. The molecule has 1 N–H and O–H groups in total. The van der Waals surface area contributed by atoms with Crippen LogP contribution < -0.4 is 5.32 Å². The molecule has 0 aliphatic heterocycles. The third kappa shape index (κ3) is 3.12. The molecular formula is C17H20N4OS. The van der Waals surface area contributed by atoms with Crippen LogP contribution in [0.5, 0.6) is 0 Å². The van der Waals surface area contributed by atoms with Crippen molar-refractivity contribution in [1.82, 2.24) is 19.7 Å². The molecule has 5 nitrogen and oxygen atoms in total. The maximum Gasteiger partial charge on any atom is 0.226 e. The first-order chi connectivity index (χ1) is 11.0. The lowest BCUT2D eigenvalue weighted by Crippen LogP contribution is -2.29. The van der Waals surface area contributed by atoms with Crippen LogP contribution in [-0.2, 0) is 11.2 Å². The standard InChI is InChI=1S/C17H20N4OS/c1-10-6-5-7-21-14(9-18-17(10)21)8-15(22)19-11(2)16-12(3)23-13(4)20-16/h5-7,9,11H,8H2,1-4H3,(H,19,22). The highest BCUT2D eigenvalue weighted by atomic mass is 32.1. The molecule has 0 bridgehead atoms. The smallest absolute Gasteiger partial charge is 0.226 e. The van der Waals surface area contributed by atoms with Gasteiger partial charge in [0.25, 0.3) is 0 Å². The van der Waals surface area contributed by atoms with E-state index in [1.165, 1.54) is 0 Å². The van der Waals surface area contributed by atoms with Crippen LogP contribution in [0.25, 0.3) is 5.65 Å². The van der Waals surface area contributed by atoms with Crippen molar-refractivity contribution in [3.05, 3.63) is 51.4 Å². The molecule has 120 valence electrons. The van der Waals surface area contributed by atoms with Gasteiger partial charge in [-0.25, -0.2) is 9.97 Å². The summed E-state index contributed by atoms with van der Waals surface area (Å²) >= 11 is 1.66. The van der Waals surface area contributed by atoms with Crippen LogP contribution >= 0.6 is 11.3 Å². The molecule has 0 aliphatic rings. The molecule has 0 saturated carbocycles. The van der Waals surface area contributed by atoms with Gasteiger partial charge in [0.15, 0.2) is 0 Å². The SMILES string of the molecule is Cc1nc(C(C)NC(=O)Cc2cnc3c(C)cccn23)c(C)s1. The van der Waals surface area contributed by atoms with Crippen LogP contribution in [0, 0.1) is 20.8 Å². The van der Waals surface area contributed by atoms with Gasteiger partial charge in [0, 0.05) is 17.3 Å². The Morgan fingerprint density at radius 3 is 2.87 bits per heavy atom. The first-order valence-corrected chi connectivity index (χ1v) is 8.42. The minimum absolute atomic E-state index is 0.0224. The topological polar surface area (TPSA) is 59.3 Å². The summed E-state index contributed by atoms with van der Waals surface area (Å²) in [5.41, 5.74) is 3.84. The molecule has 1 amide bonds. The number of rotatable bonds is 4. The van der Waals surface area contributed by atoms with Crippen molar-refractivity contribution in [2.24, 2.45) is 0 Å². The van der Waals surface area contributed by atoms with Gasteiger partial charge in [0.05, 0.1) is 28.9 Å². The Morgan fingerprint density at radius 2 is 2.17 bits per heavy atom. The van der Waals surface area contributed by atoms with Crippen molar-refractivity contribution in [2.45, 2.75) is 40.2 Å². The summed E-state index contributed by atoms with van der Waals surface area (Å²) in [5, 5.41) is 4.06. The van der Waals surface area contributed by atoms with Crippen molar-refractivity contribution in [1.29, 1.82) is 0 Å². The zero-order valence-electron chi connectivity index (χ0n) is 13.8. The maximum atomic E-state index is 12.4. The average Bonchev–Trinajstić information content (AvgIpc) is 3.03. The molecule has 0 spiro atoms. The molecule has 0 radical (unpaired) electrons. The van der Waals surface area contributed by atoms with E-state index in [4.69, 9.17) is 0 Å². The fourth-order valence-electron chi connectivity index (χ4n) is 2.81. The lowest BCUT2D eigenvalue weighted by atomic mass is 10.2. The second kappa shape index (κ2) is 6.12. The van der Waals surface area contributed by atoms with Gasteiger partial charge in [0.1, 0.15) is 5.65 Å². The van der Waals surface area contributed by atoms with E-state index >= 15 is 0 Å². The van der Waals surface area contributed by atoms with E-state index in [0.29, 0.717) is 6.42 Å². The van der Waals surface area contributed by atoms with E-state index in [2.05, 4.69) is 15.3 Å². The molecular weight excluding hydrogens is 308 g/mol. The number of aromatic nitrogens is 3. The number of hydrogen-bond donors (Lipinski definition) is 1. The Kier molecular flexibility index (Phi) is 4.17. The van der Waals surface area contributed by atoms with Crippen LogP contribution in [0.15, 0.2) is 24.5 Å². The Balaban J connectivity index is 1.74. The molecule has 1 unspecified atom stereocenters. The second-order valence-electron chi connectivity index (χ2n) is 5.77. The lowest BCUT2D eigenvalue weighted by molar-refractivity contribution is -0.121. The fraction of sp³-hybridized carbons (Fsp3) is 0.353. The number of imidazole rings is 1. The van der Waals surface area contributed by atoms with Gasteiger partial charge < -0.3 is 9.72 Å². The number of pyridine rings is 1. The maximum absolute atomic E-state index is 12.4. The normalized spacial score (nSPS) is 12.5. The quantitative estimate of drug-likeness (QED) is 0.800. The summed E-state index contributed by atoms with van der Waals surface area (Å²) in [6, 6.07) is 3.89. The third-order valence-electron chi connectivity index (χ3n) is 3.88. The van der Waals surface area contributed by atoms with Crippen molar-refractivity contribution in [3.8, 4) is 0 Å². The molecule has 6 heteroatoms. The minimum atomic E-state index is -0.0895. The summed E-state index contributed by atoms with van der Waals surface area (Å²) in [7, 11) is 0. The first kappa shape index (κ1) is 15.7. The largest absolute Gasteiger partial charge is 0.348 e. The number of carbonyl (C=O) groups is 1. The van der Waals surface area contributed by atoms with Gasteiger partial charge >= 0.3 is 0 Å². The van der Waals surface area contributed by atoms with E-state index in [1.807, 2.05) is 50.4 Å². The van der Waals surface area contributed by atoms with Crippen LogP contribution in [0.1, 0.15) is 39.8 Å². The Labute approximate surface area is 139 Å². The monoisotopic (exact) mass is 328 g/mol. The fourth-order valence-corrected chi connectivity index (χ4v) is 3.72. The lowest BCUT2D eigenvalue weighted by Gasteiger charge is -2.12. The number of thiazole rings is 1. The number of fused-ring (bicyclic) bond motifs is 1. The van der Waals surface area contributed by atoms with E-state index in [9.17, 15) is 4.79 Å². The summed E-state index contributed by atoms with van der Waals surface area (Å²) in [6.07, 6.45) is 4.01. The number of nitrogens with zero attached hydrogens (tertiary/aromatic N) is 3. The van der Waals surface area contributed by atoms with Crippen LogP contribution in [0.4, 0.5) is 0 Å². The first-order valence-electron chi connectivity index (χ1n) is 7.60. The van der Waals surface area contributed by atoms with Crippen molar-refractivity contribution < 1.29 is 4.79 Å².